The maximum atomic E-state index is 6.21. The van der Waals surface area contributed by atoms with Crippen LogP contribution in [0.2, 0.25) is 0 Å². The zero-order chi connectivity index (χ0) is 14.5. The van der Waals surface area contributed by atoms with E-state index in [0.29, 0.717) is 0 Å². The van der Waals surface area contributed by atoms with Gasteiger partial charge in [0.15, 0.2) is 0 Å². The van der Waals surface area contributed by atoms with E-state index >= 15 is 0 Å². The standard InChI is InChI=1S/C19H18OP.CH3/c1-20-21(17-11-5-2-6-12-17,18-13-7-3-8-14-18)19-15-9-4-10-16-19;/h2-16H,1H3;1H3/q+1;-1. The molecule has 0 atom stereocenters. The van der Waals surface area contributed by atoms with Crippen LogP contribution in [0.1, 0.15) is 0 Å². The topological polar surface area (TPSA) is 9.23 Å². The zero-order valence-electron chi connectivity index (χ0n) is 13.0. The Morgan fingerprint density at radius 3 is 1.05 bits per heavy atom. The van der Waals surface area contributed by atoms with E-state index in [1.165, 1.54) is 15.9 Å². The van der Waals surface area contributed by atoms with E-state index in [9.17, 15) is 0 Å². The van der Waals surface area contributed by atoms with Gasteiger partial charge in [-0.25, -0.2) is 4.52 Å². The van der Waals surface area contributed by atoms with Crippen LogP contribution in [0.25, 0.3) is 0 Å². The molecule has 1 nitrogen and oxygen atoms in total. The molecule has 22 heavy (non-hydrogen) atoms. The number of rotatable bonds is 4. The summed E-state index contributed by atoms with van der Waals surface area (Å²) in [6.45, 7) is 0. The number of hydrogen-bond acceptors (Lipinski definition) is 1. The number of hydrogen-bond donors (Lipinski definition) is 0. The van der Waals surface area contributed by atoms with Crippen molar-refractivity contribution in [3.63, 3.8) is 0 Å². The van der Waals surface area contributed by atoms with Crippen molar-refractivity contribution in [3.8, 4) is 0 Å². The van der Waals surface area contributed by atoms with Crippen molar-refractivity contribution in [2.24, 2.45) is 0 Å². The summed E-state index contributed by atoms with van der Waals surface area (Å²) in [5, 5.41) is 3.72. The van der Waals surface area contributed by atoms with Gasteiger partial charge in [-0.15, -0.1) is 0 Å². The Kier molecular flexibility index (Phi) is 5.49. The van der Waals surface area contributed by atoms with Crippen LogP contribution in [0.5, 0.6) is 0 Å². The van der Waals surface area contributed by atoms with Crippen molar-refractivity contribution in [1.29, 1.82) is 0 Å². The lowest BCUT2D eigenvalue weighted by Crippen LogP contribution is -2.32. The molecule has 0 spiro atoms. The van der Waals surface area contributed by atoms with E-state index in [1.54, 1.807) is 0 Å². The van der Waals surface area contributed by atoms with Crippen LogP contribution >= 0.6 is 7.49 Å². The molecule has 0 N–H and O–H groups in total. The second-order valence-electron chi connectivity index (χ2n) is 4.80. The fourth-order valence-electron chi connectivity index (χ4n) is 2.68. The first kappa shape index (κ1) is 16.4. The minimum atomic E-state index is -2.03. The van der Waals surface area contributed by atoms with Crippen LogP contribution in [0.3, 0.4) is 0 Å². The molecular weight excluding hydrogens is 287 g/mol. The molecular formula is C20H21OP. The van der Waals surface area contributed by atoms with Gasteiger partial charge in [0.05, 0.1) is 7.11 Å². The molecule has 0 fully saturated rings. The molecule has 3 rings (SSSR count). The fourth-order valence-corrected chi connectivity index (χ4v) is 5.98. The van der Waals surface area contributed by atoms with Crippen LogP contribution in [0.4, 0.5) is 0 Å². The lowest BCUT2D eigenvalue weighted by atomic mass is 10.4. The van der Waals surface area contributed by atoms with Crippen molar-refractivity contribution in [2.75, 3.05) is 7.11 Å². The first-order valence-electron chi connectivity index (χ1n) is 6.99. The fraction of sp³-hybridized carbons (Fsp3) is 0.0500. The van der Waals surface area contributed by atoms with Crippen molar-refractivity contribution in [3.05, 3.63) is 98.4 Å². The third-order valence-corrected chi connectivity index (χ3v) is 7.26. The van der Waals surface area contributed by atoms with Crippen LogP contribution in [0, 0.1) is 7.43 Å². The highest BCUT2D eigenvalue weighted by atomic mass is 31.2. The summed E-state index contributed by atoms with van der Waals surface area (Å²) in [6.07, 6.45) is 0. The van der Waals surface area contributed by atoms with Gasteiger partial charge >= 0.3 is 0 Å². The summed E-state index contributed by atoms with van der Waals surface area (Å²) >= 11 is 0. The highest BCUT2D eigenvalue weighted by molar-refractivity contribution is 7.91. The molecule has 0 aliphatic heterocycles. The molecule has 0 radical (unpaired) electrons. The maximum Gasteiger partial charge on any atom is 0.241 e. The molecule has 0 saturated carbocycles. The molecule has 0 bridgehead atoms. The summed E-state index contributed by atoms with van der Waals surface area (Å²) in [5.74, 6) is 0. The van der Waals surface area contributed by atoms with Crippen LogP contribution in [-0.2, 0) is 4.52 Å². The monoisotopic (exact) mass is 308 g/mol. The second kappa shape index (κ2) is 7.35. The van der Waals surface area contributed by atoms with Crippen molar-refractivity contribution in [1.82, 2.24) is 0 Å². The van der Waals surface area contributed by atoms with Gasteiger partial charge in [-0.1, -0.05) is 54.6 Å². The summed E-state index contributed by atoms with van der Waals surface area (Å²) in [7, 11) is -0.214. The van der Waals surface area contributed by atoms with Crippen LogP contribution < -0.4 is 15.9 Å². The van der Waals surface area contributed by atoms with E-state index in [1.807, 2.05) is 25.3 Å². The van der Waals surface area contributed by atoms with Gasteiger partial charge in [0.1, 0.15) is 15.9 Å². The third kappa shape index (κ3) is 2.83. The molecule has 0 unspecified atom stereocenters. The normalized spacial score (nSPS) is 10.8. The first-order chi connectivity index (χ1) is 10.4. The summed E-state index contributed by atoms with van der Waals surface area (Å²) in [4.78, 5) is 0. The van der Waals surface area contributed by atoms with Crippen molar-refractivity contribution >= 4 is 23.4 Å². The molecule has 0 saturated heterocycles. The highest BCUT2D eigenvalue weighted by Crippen LogP contribution is 2.55. The van der Waals surface area contributed by atoms with Gasteiger partial charge in [-0.05, 0) is 36.4 Å². The highest BCUT2D eigenvalue weighted by Gasteiger charge is 2.46. The van der Waals surface area contributed by atoms with Gasteiger partial charge in [0.25, 0.3) is 0 Å². The van der Waals surface area contributed by atoms with Crippen molar-refractivity contribution < 1.29 is 4.52 Å². The smallest absolute Gasteiger partial charge is 0.241 e. The summed E-state index contributed by atoms with van der Waals surface area (Å²) in [5.41, 5.74) is 0. The Labute approximate surface area is 134 Å². The van der Waals surface area contributed by atoms with E-state index in [-0.39, 0.29) is 7.43 Å². The SMILES string of the molecule is CO[P+](c1ccccc1)(c1ccccc1)c1ccccc1.[CH3-]. The Balaban J connectivity index is 0.00000176. The van der Waals surface area contributed by atoms with E-state index in [0.717, 1.165) is 0 Å². The van der Waals surface area contributed by atoms with Gasteiger partial charge in [-0.3, -0.25) is 0 Å². The van der Waals surface area contributed by atoms with Gasteiger partial charge in [0, 0.05) is 0 Å². The molecule has 112 valence electrons. The van der Waals surface area contributed by atoms with E-state index in [2.05, 4.69) is 72.8 Å². The summed E-state index contributed by atoms with van der Waals surface area (Å²) < 4.78 is 6.21. The minimum Gasteiger partial charge on any atom is -0.358 e. The van der Waals surface area contributed by atoms with Crippen LogP contribution in [0.15, 0.2) is 91.0 Å². The lowest BCUT2D eigenvalue weighted by Gasteiger charge is -2.23. The first-order valence-corrected chi connectivity index (χ1v) is 8.70. The van der Waals surface area contributed by atoms with Crippen molar-refractivity contribution in [2.45, 2.75) is 0 Å². The van der Waals surface area contributed by atoms with E-state index < -0.39 is 7.49 Å². The summed E-state index contributed by atoms with van der Waals surface area (Å²) in [6, 6.07) is 31.6. The predicted molar refractivity (Wildman–Crippen MR) is 98.6 cm³/mol. The lowest BCUT2D eigenvalue weighted by molar-refractivity contribution is 0.466. The zero-order valence-corrected chi connectivity index (χ0v) is 13.9. The largest absolute Gasteiger partial charge is 0.358 e. The molecule has 0 amide bonds. The molecule has 3 aromatic carbocycles. The maximum absolute atomic E-state index is 6.21. The molecule has 0 aromatic heterocycles. The predicted octanol–water partition coefficient (Wildman–Crippen LogP) is 3.99. The van der Waals surface area contributed by atoms with Gasteiger partial charge in [0.2, 0.25) is 7.49 Å². The molecule has 0 aliphatic carbocycles. The molecule has 3 aromatic rings. The Hall–Kier alpha value is -1.95. The Bertz CT molecular complexity index is 584. The molecule has 0 heterocycles. The molecule has 2 heteroatoms. The average molecular weight is 308 g/mol. The van der Waals surface area contributed by atoms with Gasteiger partial charge in [-0.2, -0.15) is 0 Å². The van der Waals surface area contributed by atoms with Gasteiger partial charge < -0.3 is 7.43 Å². The second-order valence-corrected chi connectivity index (χ2v) is 7.93. The van der Waals surface area contributed by atoms with Crippen LogP contribution in [-0.4, -0.2) is 7.11 Å². The van der Waals surface area contributed by atoms with E-state index in [4.69, 9.17) is 4.52 Å². The Morgan fingerprint density at radius 2 is 0.818 bits per heavy atom. The Morgan fingerprint density at radius 1 is 0.545 bits per heavy atom. The quantitative estimate of drug-likeness (QED) is 0.523. The number of benzene rings is 3. The molecule has 0 aliphatic rings. The average Bonchev–Trinajstić information content (AvgIpc) is 2.59. The minimum absolute atomic E-state index is 0. The third-order valence-electron chi connectivity index (χ3n) is 3.63.